The van der Waals surface area contributed by atoms with Crippen molar-refractivity contribution < 1.29 is 19.0 Å². The van der Waals surface area contributed by atoms with E-state index in [2.05, 4.69) is 15.6 Å². The molecule has 1 aromatic rings. The molecule has 4 rings (SSSR count). The predicted molar refractivity (Wildman–Crippen MR) is 114 cm³/mol. The van der Waals surface area contributed by atoms with Crippen molar-refractivity contribution in [3.8, 4) is 11.5 Å². The summed E-state index contributed by atoms with van der Waals surface area (Å²) in [6, 6.07) is 3.73. The first kappa shape index (κ1) is 20.2. The minimum Gasteiger partial charge on any atom is -0.491 e. The number of amides is 1. The van der Waals surface area contributed by atoms with E-state index in [0.717, 1.165) is 37.0 Å². The Morgan fingerprint density at radius 3 is 3.03 bits per heavy atom. The molecule has 0 spiro atoms. The number of benzene rings is 1. The molecule has 0 bridgehead atoms. The largest absolute Gasteiger partial charge is 0.491 e. The summed E-state index contributed by atoms with van der Waals surface area (Å²) in [5.41, 5.74) is 1.38. The summed E-state index contributed by atoms with van der Waals surface area (Å²) < 4.78 is 17.5. The average molecular weight is 410 g/mol. The highest BCUT2D eigenvalue weighted by Crippen LogP contribution is 2.41. The number of rotatable bonds is 6. The third kappa shape index (κ3) is 4.38. The van der Waals surface area contributed by atoms with Crippen LogP contribution in [0.1, 0.15) is 25.8 Å². The topological polar surface area (TPSA) is 105 Å². The molecular weight excluding hydrogens is 384 g/mol. The molecule has 0 aliphatic carbocycles. The van der Waals surface area contributed by atoms with Crippen molar-refractivity contribution in [2.45, 2.75) is 32.3 Å². The Balaban J connectivity index is 1.60. The summed E-state index contributed by atoms with van der Waals surface area (Å²) in [5.74, 6) is 1.52. The van der Waals surface area contributed by atoms with Gasteiger partial charge in [-0.15, -0.1) is 0 Å². The van der Waals surface area contributed by atoms with Gasteiger partial charge in [0, 0.05) is 49.2 Å². The number of allylic oxidation sites excluding steroid dienone is 1. The summed E-state index contributed by atoms with van der Waals surface area (Å²) in [4.78, 5) is 17.0. The standard InChI is InChI=1S/C22H26N4O4/c1-22(2)10-15-8-17(26-21(27)16(11-23)20-24-5-3-6-25-20)19(9-18(15)30-22)29-13-14-4-7-28-12-14/h3,5-6,8-9,11,14,23-24H,4,7,10,12-13H2,1-2H3,(H,26,27)/b20-16-,23-11?. The summed E-state index contributed by atoms with van der Waals surface area (Å²) in [6.45, 7) is 5.98. The maximum atomic E-state index is 12.9. The van der Waals surface area contributed by atoms with Crippen molar-refractivity contribution >= 4 is 24.0 Å². The molecule has 1 atom stereocenters. The lowest BCUT2D eigenvalue weighted by Gasteiger charge is -2.18. The first-order valence-corrected chi connectivity index (χ1v) is 10.0. The Kier molecular flexibility index (Phi) is 5.59. The first-order valence-electron chi connectivity index (χ1n) is 10.0. The summed E-state index contributed by atoms with van der Waals surface area (Å²) >= 11 is 0. The molecular formula is C22H26N4O4. The van der Waals surface area contributed by atoms with Crippen molar-refractivity contribution in [1.82, 2.24) is 5.32 Å². The molecule has 1 aromatic carbocycles. The van der Waals surface area contributed by atoms with Gasteiger partial charge in [-0.25, -0.2) is 4.99 Å². The lowest BCUT2D eigenvalue weighted by atomic mass is 10.0. The third-order valence-electron chi connectivity index (χ3n) is 5.16. The molecule has 8 heteroatoms. The fraction of sp³-hybridized carbons (Fsp3) is 0.409. The lowest BCUT2D eigenvalue weighted by molar-refractivity contribution is -0.112. The maximum absolute atomic E-state index is 12.9. The zero-order valence-electron chi connectivity index (χ0n) is 17.2. The van der Waals surface area contributed by atoms with Crippen LogP contribution in [0.5, 0.6) is 11.5 Å². The van der Waals surface area contributed by atoms with Gasteiger partial charge in [0.05, 0.1) is 24.5 Å². The van der Waals surface area contributed by atoms with E-state index in [0.29, 0.717) is 36.4 Å². The highest BCUT2D eigenvalue weighted by Gasteiger charge is 2.32. The second-order valence-corrected chi connectivity index (χ2v) is 8.18. The van der Waals surface area contributed by atoms with Crippen LogP contribution in [0.3, 0.4) is 0 Å². The van der Waals surface area contributed by atoms with Gasteiger partial charge >= 0.3 is 0 Å². The number of fused-ring (bicyclic) bond motifs is 1. The minimum absolute atomic E-state index is 0.128. The molecule has 3 heterocycles. The SMILES string of the molecule is CC1(C)Cc2cc(NC(=O)/C(C=N)=C3\N=CC=CN3)c(OCC3CCOC3)cc2O1. The smallest absolute Gasteiger partial charge is 0.261 e. The van der Waals surface area contributed by atoms with Crippen LogP contribution in [0.4, 0.5) is 5.69 Å². The van der Waals surface area contributed by atoms with Crippen molar-refractivity contribution in [3.05, 3.63) is 41.4 Å². The third-order valence-corrected chi connectivity index (χ3v) is 5.16. The number of nitrogens with one attached hydrogen (secondary N) is 3. The van der Waals surface area contributed by atoms with E-state index in [9.17, 15) is 4.79 Å². The summed E-state index contributed by atoms with van der Waals surface area (Å²) in [5, 5.41) is 13.5. The van der Waals surface area contributed by atoms with E-state index >= 15 is 0 Å². The van der Waals surface area contributed by atoms with Crippen LogP contribution < -0.4 is 20.1 Å². The Morgan fingerprint density at radius 1 is 1.47 bits per heavy atom. The van der Waals surface area contributed by atoms with Gasteiger partial charge in [0.1, 0.15) is 22.9 Å². The number of carbonyl (C=O) groups excluding carboxylic acids is 1. The van der Waals surface area contributed by atoms with E-state index in [1.54, 1.807) is 18.5 Å². The summed E-state index contributed by atoms with van der Waals surface area (Å²) in [6.07, 6.45) is 7.62. The number of hydrogen-bond acceptors (Lipinski definition) is 7. The zero-order valence-corrected chi connectivity index (χ0v) is 17.2. The van der Waals surface area contributed by atoms with Crippen LogP contribution in [0.2, 0.25) is 0 Å². The molecule has 3 aliphatic rings. The Bertz CT molecular complexity index is 943. The highest BCUT2D eigenvalue weighted by molar-refractivity contribution is 6.18. The number of ether oxygens (including phenoxy) is 3. The maximum Gasteiger partial charge on any atom is 0.261 e. The Morgan fingerprint density at radius 2 is 2.33 bits per heavy atom. The molecule has 1 fully saturated rings. The van der Waals surface area contributed by atoms with Crippen LogP contribution >= 0.6 is 0 Å². The molecule has 3 aliphatic heterocycles. The number of hydrogen-bond donors (Lipinski definition) is 3. The number of anilines is 1. The number of carbonyl (C=O) groups is 1. The van der Waals surface area contributed by atoms with Gasteiger partial charge in [0.15, 0.2) is 0 Å². The quantitative estimate of drug-likeness (QED) is 0.494. The van der Waals surface area contributed by atoms with Crippen LogP contribution in [-0.4, -0.2) is 43.8 Å². The Hall–Kier alpha value is -3.13. The van der Waals surface area contributed by atoms with Crippen molar-refractivity contribution in [2.24, 2.45) is 10.9 Å². The molecule has 1 unspecified atom stereocenters. The van der Waals surface area contributed by atoms with E-state index < -0.39 is 5.91 Å². The average Bonchev–Trinajstić information content (AvgIpc) is 3.33. The molecule has 8 nitrogen and oxygen atoms in total. The molecule has 0 saturated carbocycles. The van der Waals surface area contributed by atoms with Crippen molar-refractivity contribution in [2.75, 3.05) is 25.1 Å². The molecule has 30 heavy (non-hydrogen) atoms. The molecule has 0 aromatic heterocycles. The van der Waals surface area contributed by atoms with Gasteiger partial charge in [-0.1, -0.05) is 0 Å². The van der Waals surface area contributed by atoms with Gasteiger partial charge in [-0.3, -0.25) is 4.79 Å². The van der Waals surface area contributed by atoms with Crippen molar-refractivity contribution in [3.63, 3.8) is 0 Å². The second kappa shape index (κ2) is 8.31. The minimum atomic E-state index is -0.438. The van der Waals surface area contributed by atoms with E-state index in [1.165, 1.54) is 0 Å². The van der Waals surface area contributed by atoms with Gasteiger partial charge in [0.25, 0.3) is 5.91 Å². The summed E-state index contributed by atoms with van der Waals surface area (Å²) in [7, 11) is 0. The zero-order chi connectivity index (χ0) is 21.1. The first-order chi connectivity index (χ1) is 14.4. The van der Waals surface area contributed by atoms with E-state index in [-0.39, 0.29) is 11.2 Å². The molecule has 158 valence electrons. The van der Waals surface area contributed by atoms with Crippen LogP contribution in [-0.2, 0) is 16.0 Å². The van der Waals surface area contributed by atoms with E-state index in [1.807, 2.05) is 26.0 Å². The normalized spacial score (nSPS) is 22.7. The monoisotopic (exact) mass is 410 g/mol. The highest BCUT2D eigenvalue weighted by atomic mass is 16.5. The van der Waals surface area contributed by atoms with Crippen LogP contribution in [0.25, 0.3) is 0 Å². The molecule has 1 amide bonds. The fourth-order valence-electron chi connectivity index (χ4n) is 3.67. The van der Waals surface area contributed by atoms with Crippen LogP contribution in [0, 0.1) is 11.3 Å². The van der Waals surface area contributed by atoms with Gasteiger partial charge in [0.2, 0.25) is 0 Å². The number of nitrogens with zero attached hydrogens (tertiary/aromatic N) is 1. The van der Waals surface area contributed by atoms with E-state index in [4.69, 9.17) is 19.6 Å². The van der Waals surface area contributed by atoms with Crippen molar-refractivity contribution in [1.29, 1.82) is 5.41 Å². The second-order valence-electron chi connectivity index (χ2n) is 8.18. The van der Waals surface area contributed by atoms with Gasteiger partial charge in [-0.05, 0) is 32.4 Å². The fourth-order valence-corrected chi connectivity index (χ4v) is 3.67. The molecule has 1 saturated heterocycles. The Labute approximate surface area is 175 Å². The predicted octanol–water partition coefficient (Wildman–Crippen LogP) is 2.80. The van der Waals surface area contributed by atoms with Crippen LogP contribution in [0.15, 0.2) is 40.8 Å². The van der Waals surface area contributed by atoms with Gasteiger partial charge < -0.3 is 30.3 Å². The lowest BCUT2D eigenvalue weighted by Crippen LogP contribution is -2.24. The molecule has 0 radical (unpaired) electrons. The van der Waals surface area contributed by atoms with Gasteiger partial charge in [-0.2, -0.15) is 0 Å². The number of aliphatic imine (C=N–C) groups is 1. The molecule has 3 N–H and O–H groups in total.